The Morgan fingerprint density at radius 2 is 1.89 bits per heavy atom. The van der Waals surface area contributed by atoms with E-state index in [1.54, 1.807) is 13.8 Å². The minimum atomic E-state index is -3.86. The van der Waals surface area contributed by atoms with Gasteiger partial charge in [0, 0.05) is 7.11 Å². The van der Waals surface area contributed by atoms with E-state index in [1.807, 2.05) is 0 Å². The molecule has 0 aliphatic heterocycles. The molecule has 106 valence electrons. The fraction of sp³-hybridized carbons (Fsp3) is 0.417. The molecule has 0 aliphatic carbocycles. The molecule has 0 bridgehead atoms. The summed E-state index contributed by atoms with van der Waals surface area (Å²) < 4.78 is 32.4. The van der Waals surface area contributed by atoms with Crippen LogP contribution >= 0.6 is 0 Å². The molecule has 0 unspecified atom stereocenters. The first-order chi connectivity index (χ1) is 8.77. The number of sulfonamides is 1. The molecule has 0 amide bonds. The van der Waals surface area contributed by atoms with Crippen LogP contribution in [0.2, 0.25) is 0 Å². The largest absolute Gasteiger partial charge is 0.460 e. The monoisotopic (exact) mass is 287 g/mol. The molecule has 0 fully saturated rings. The first kappa shape index (κ1) is 15.6. The van der Waals surface area contributed by atoms with Crippen molar-refractivity contribution >= 4 is 16.0 Å². The number of nitrogens with two attached hydrogens (primary N) is 1. The van der Waals surface area contributed by atoms with Gasteiger partial charge in [-0.2, -0.15) is 0 Å². The fourth-order valence-electron chi connectivity index (χ4n) is 1.50. The quantitative estimate of drug-likeness (QED) is 0.637. The summed E-state index contributed by atoms with van der Waals surface area (Å²) in [4.78, 5) is 11.8. The fourth-order valence-corrected chi connectivity index (χ4v) is 2.12. The summed E-state index contributed by atoms with van der Waals surface area (Å²) in [5.41, 5.74) is 1.51. The van der Waals surface area contributed by atoms with Crippen LogP contribution in [-0.4, -0.2) is 34.7 Å². The van der Waals surface area contributed by atoms with Crippen molar-refractivity contribution in [2.45, 2.75) is 18.7 Å². The molecule has 0 radical (unpaired) electrons. The Morgan fingerprint density at radius 1 is 1.26 bits per heavy atom. The number of hydrogen-bond donors (Lipinski definition) is 1. The second-order valence-electron chi connectivity index (χ2n) is 4.09. The first-order valence-electron chi connectivity index (χ1n) is 5.57. The van der Waals surface area contributed by atoms with Gasteiger partial charge in [-0.1, -0.05) is 0 Å². The second-order valence-corrected chi connectivity index (χ2v) is 5.65. The number of hydrogen-bond acceptors (Lipinski definition) is 5. The Balaban J connectivity index is 3.13. The molecule has 7 heteroatoms. The summed E-state index contributed by atoms with van der Waals surface area (Å²) in [5.74, 6) is -0.594. The van der Waals surface area contributed by atoms with Gasteiger partial charge in [0.1, 0.15) is 6.61 Å². The Bertz CT molecular complexity index is 580. The van der Waals surface area contributed by atoms with E-state index in [9.17, 15) is 13.2 Å². The summed E-state index contributed by atoms with van der Waals surface area (Å²) in [6, 6.07) is 2.66. The number of rotatable bonds is 5. The average molecular weight is 287 g/mol. The van der Waals surface area contributed by atoms with Gasteiger partial charge in [0.25, 0.3) is 0 Å². The zero-order chi connectivity index (χ0) is 14.6. The second kappa shape index (κ2) is 6.14. The number of carbonyl (C=O) groups excluding carboxylic acids is 1. The maximum absolute atomic E-state index is 11.9. The van der Waals surface area contributed by atoms with Crippen LogP contribution in [0.15, 0.2) is 17.0 Å². The molecule has 1 aromatic carbocycles. The molecule has 0 saturated heterocycles. The van der Waals surface area contributed by atoms with Gasteiger partial charge >= 0.3 is 5.97 Å². The molecule has 19 heavy (non-hydrogen) atoms. The molecular formula is C12H17NO5S. The summed E-state index contributed by atoms with van der Waals surface area (Å²) in [6.07, 6.45) is 0. The third kappa shape index (κ3) is 4.02. The zero-order valence-corrected chi connectivity index (χ0v) is 11.9. The smallest absolute Gasteiger partial charge is 0.338 e. The lowest BCUT2D eigenvalue weighted by Gasteiger charge is -2.11. The van der Waals surface area contributed by atoms with Crippen LogP contribution in [0.4, 0.5) is 0 Å². The van der Waals surface area contributed by atoms with E-state index in [0.29, 0.717) is 11.1 Å². The van der Waals surface area contributed by atoms with Gasteiger partial charge < -0.3 is 9.47 Å². The normalized spacial score (nSPS) is 11.4. The molecular weight excluding hydrogens is 270 g/mol. The third-order valence-electron chi connectivity index (χ3n) is 2.71. The third-order valence-corrected chi connectivity index (χ3v) is 3.60. The van der Waals surface area contributed by atoms with Crippen molar-refractivity contribution in [3.05, 3.63) is 28.8 Å². The Kier molecular flexibility index (Phi) is 5.04. The summed E-state index contributed by atoms with van der Waals surface area (Å²) in [7, 11) is -2.36. The summed E-state index contributed by atoms with van der Waals surface area (Å²) in [6.45, 7) is 3.80. The maximum atomic E-state index is 11.9. The van der Waals surface area contributed by atoms with Crippen LogP contribution in [0.1, 0.15) is 21.5 Å². The highest BCUT2D eigenvalue weighted by molar-refractivity contribution is 7.89. The highest BCUT2D eigenvalue weighted by Crippen LogP contribution is 2.19. The SMILES string of the molecule is COCCOC(=O)c1cc(S(N)(=O)=O)cc(C)c1C. The number of carbonyl (C=O) groups is 1. The average Bonchev–Trinajstić information content (AvgIpc) is 2.31. The molecule has 1 rings (SSSR count). The van der Waals surface area contributed by atoms with Gasteiger partial charge in [-0.3, -0.25) is 0 Å². The standard InChI is InChI=1S/C12H17NO5S/c1-8-6-10(19(13,15)16)7-11(9(8)2)12(14)18-5-4-17-3/h6-7H,4-5H2,1-3H3,(H2,13,15,16). The number of ether oxygens (including phenoxy) is 2. The van der Waals surface area contributed by atoms with E-state index in [2.05, 4.69) is 0 Å². The van der Waals surface area contributed by atoms with Crippen LogP contribution in [0, 0.1) is 13.8 Å². The Labute approximate surface area is 112 Å². The van der Waals surface area contributed by atoms with Crippen molar-refractivity contribution in [3.8, 4) is 0 Å². The van der Waals surface area contributed by atoms with Crippen molar-refractivity contribution in [2.24, 2.45) is 5.14 Å². The Hall–Kier alpha value is -1.44. The van der Waals surface area contributed by atoms with E-state index in [0.717, 1.165) is 0 Å². The lowest BCUT2D eigenvalue weighted by molar-refractivity contribution is 0.0387. The van der Waals surface area contributed by atoms with Crippen LogP contribution in [-0.2, 0) is 19.5 Å². The van der Waals surface area contributed by atoms with Crippen molar-refractivity contribution in [1.29, 1.82) is 0 Å². The van der Waals surface area contributed by atoms with Crippen molar-refractivity contribution in [2.75, 3.05) is 20.3 Å². The number of aryl methyl sites for hydroxylation is 1. The van der Waals surface area contributed by atoms with Crippen molar-refractivity contribution in [3.63, 3.8) is 0 Å². The van der Waals surface area contributed by atoms with E-state index >= 15 is 0 Å². The van der Waals surface area contributed by atoms with Crippen LogP contribution < -0.4 is 5.14 Å². The lowest BCUT2D eigenvalue weighted by atomic mass is 10.0. The molecule has 0 heterocycles. The van der Waals surface area contributed by atoms with Gasteiger partial charge in [0.15, 0.2) is 0 Å². The predicted molar refractivity (Wildman–Crippen MR) is 69.4 cm³/mol. The van der Waals surface area contributed by atoms with Crippen LogP contribution in [0.3, 0.4) is 0 Å². The molecule has 0 saturated carbocycles. The highest BCUT2D eigenvalue weighted by atomic mass is 32.2. The number of benzene rings is 1. The highest BCUT2D eigenvalue weighted by Gasteiger charge is 2.17. The van der Waals surface area contributed by atoms with Gasteiger partial charge in [-0.15, -0.1) is 0 Å². The molecule has 2 N–H and O–H groups in total. The van der Waals surface area contributed by atoms with E-state index < -0.39 is 16.0 Å². The zero-order valence-electron chi connectivity index (χ0n) is 11.1. The summed E-state index contributed by atoms with van der Waals surface area (Å²) >= 11 is 0. The maximum Gasteiger partial charge on any atom is 0.338 e. The number of primary sulfonamides is 1. The van der Waals surface area contributed by atoms with Gasteiger partial charge in [-0.25, -0.2) is 18.4 Å². The van der Waals surface area contributed by atoms with Crippen molar-refractivity contribution < 1.29 is 22.7 Å². The molecule has 1 aromatic rings. The molecule has 0 spiro atoms. The van der Waals surface area contributed by atoms with E-state index in [-0.39, 0.29) is 23.7 Å². The predicted octanol–water partition coefficient (Wildman–Crippen LogP) is 0.754. The van der Waals surface area contributed by atoms with Gasteiger partial charge in [0.05, 0.1) is 17.1 Å². The lowest BCUT2D eigenvalue weighted by Crippen LogP contribution is -2.16. The van der Waals surface area contributed by atoms with Crippen LogP contribution in [0.25, 0.3) is 0 Å². The van der Waals surface area contributed by atoms with Crippen LogP contribution in [0.5, 0.6) is 0 Å². The van der Waals surface area contributed by atoms with Gasteiger partial charge in [0.2, 0.25) is 10.0 Å². The molecule has 6 nitrogen and oxygen atoms in total. The van der Waals surface area contributed by atoms with Gasteiger partial charge in [-0.05, 0) is 37.1 Å². The topological polar surface area (TPSA) is 95.7 Å². The minimum absolute atomic E-state index is 0.103. The summed E-state index contributed by atoms with van der Waals surface area (Å²) in [5, 5.41) is 5.07. The van der Waals surface area contributed by atoms with E-state index in [1.165, 1.54) is 19.2 Å². The molecule has 0 aliphatic rings. The first-order valence-corrected chi connectivity index (χ1v) is 7.12. The minimum Gasteiger partial charge on any atom is -0.460 e. The Morgan fingerprint density at radius 3 is 2.42 bits per heavy atom. The molecule has 0 aromatic heterocycles. The van der Waals surface area contributed by atoms with E-state index in [4.69, 9.17) is 14.6 Å². The van der Waals surface area contributed by atoms with Crippen molar-refractivity contribution in [1.82, 2.24) is 0 Å². The molecule has 0 atom stereocenters. The number of esters is 1. The number of methoxy groups -OCH3 is 1.